The van der Waals surface area contributed by atoms with Crippen LogP contribution in [0.5, 0.6) is 0 Å². The molecule has 2 N–H and O–H groups in total. The average Bonchev–Trinajstić information content (AvgIpc) is 2.36. The molecule has 0 heterocycles. The number of hydrogen-bond donors (Lipinski definition) is 2. The summed E-state index contributed by atoms with van der Waals surface area (Å²) in [4.78, 5) is 23.5. The minimum absolute atomic E-state index is 0. The molecule has 1 aromatic rings. The smallest absolute Gasteiger partial charge is 0.322 e. The molecule has 1 rings (SSSR count). The lowest BCUT2D eigenvalue weighted by Gasteiger charge is -2.24. The van der Waals surface area contributed by atoms with Crippen LogP contribution in [0, 0.1) is 5.82 Å². The first-order chi connectivity index (χ1) is 8.90. The largest absolute Gasteiger partial charge is 0.480 e. The average molecular weight is 305 g/mol. The van der Waals surface area contributed by atoms with Crippen LogP contribution in [0.4, 0.5) is 4.39 Å². The highest BCUT2D eigenvalue weighted by Gasteiger charge is 2.15. The molecule has 1 amide bonds. The fraction of sp³-hybridized carbons (Fsp3) is 0.385. The van der Waals surface area contributed by atoms with Crippen LogP contribution in [0.25, 0.3) is 0 Å². The van der Waals surface area contributed by atoms with Gasteiger partial charge in [0.2, 0.25) is 5.91 Å². The first-order valence-electron chi connectivity index (χ1n) is 5.84. The number of carbonyl (C=O) groups excluding carboxylic acids is 1. The van der Waals surface area contributed by atoms with Gasteiger partial charge < -0.3 is 10.4 Å². The van der Waals surface area contributed by atoms with E-state index in [1.807, 2.05) is 6.92 Å². The van der Waals surface area contributed by atoms with E-state index in [0.29, 0.717) is 0 Å². The third-order valence-corrected chi connectivity index (χ3v) is 2.84. The van der Waals surface area contributed by atoms with Crippen molar-refractivity contribution in [2.24, 2.45) is 0 Å². The number of amides is 1. The zero-order valence-electron chi connectivity index (χ0n) is 11.3. The van der Waals surface area contributed by atoms with Crippen LogP contribution in [0.3, 0.4) is 0 Å². The van der Waals surface area contributed by atoms with Crippen molar-refractivity contribution < 1.29 is 19.1 Å². The van der Waals surface area contributed by atoms with Gasteiger partial charge in [0, 0.05) is 6.04 Å². The van der Waals surface area contributed by atoms with Gasteiger partial charge in [0.25, 0.3) is 0 Å². The Morgan fingerprint density at radius 1 is 1.35 bits per heavy atom. The second-order valence-electron chi connectivity index (χ2n) is 4.31. The maximum Gasteiger partial charge on any atom is 0.322 e. The van der Waals surface area contributed by atoms with Gasteiger partial charge in [0.1, 0.15) is 12.4 Å². The topological polar surface area (TPSA) is 69.6 Å². The van der Waals surface area contributed by atoms with E-state index < -0.39 is 12.5 Å². The number of halogens is 2. The summed E-state index contributed by atoms with van der Waals surface area (Å²) in [5, 5.41) is 10.7. The molecule has 0 fully saturated rings. The van der Waals surface area contributed by atoms with Crippen molar-refractivity contribution in [2.75, 3.05) is 20.1 Å². The molecule has 0 saturated heterocycles. The molecular weight excluding hydrogens is 287 g/mol. The molecule has 0 radical (unpaired) electrons. The molecule has 0 bridgehead atoms. The lowest BCUT2D eigenvalue weighted by molar-refractivity contribution is -0.138. The summed E-state index contributed by atoms with van der Waals surface area (Å²) >= 11 is 0. The van der Waals surface area contributed by atoms with Gasteiger partial charge in [0.05, 0.1) is 6.54 Å². The second kappa shape index (κ2) is 8.50. The van der Waals surface area contributed by atoms with Crippen molar-refractivity contribution in [2.45, 2.75) is 13.0 Å². The monoisotopic (exact) mass is 304 g/mol. The standard InChI is InChI=1S/C13H17FN2O3.ClH/c1-9(10-3-5-11(14)6-4-10)16(2)8-12(17)15-7-13(18)19;/h3-6,9H,7-8H2,1-2H3,(H,15,17)(H,18,19);1H. The van der Waals surface area contributed by atoms with Crippen LogP contribution in [-0.2, 0) is 9.59 Å². The Morgan fingerprint density at radius 3 is 2.40 bits per heavy atom. The predicted octanol–water partition coefficient (Wildman–Crippen LogP) is 1.44. The highest BCUT2D eigenvalue weighted by atomic mass is 35.5. The summed E-state index contributed by atoms with van der Waals surface area (Å²) in [5.74, 6) is -1.75. The Balaban J connectivity index is 0.00000361. The van der Waals surface area contributed by atoms with Crippen molar-refractivity contribution in [1.82, 2.24) is 10.2 Å². The molecule has 1 unspecified atom stereocenters. The maximum atomic E-state index is 12.8. The van der Waals surface area contributed by atoms with Crippen LogP contribution >= 0.6 is 12.4 Å². The quantitative estimate of drug-likeness (QED) is 0.834. The molecule has 0 saturated carbocycles. The molecule has 20 heavy (non-hydrogen) atoms. The minimum atomic E-state index is -1.08. The van der Waals surface area contributed by atoms with Gasteiger partial charge in [-0.3, -0.25) is 14.5 Å². The first kappa shape index (κ1) is 18.3. The van der Waals surface area contributed by atoms with Gasteiger partial charge in [-0.15, -0.1) is 12.4 Å². The number of likely N-dealkylation sites (N-methyl/N-ethyl adjacent to an activating group) is 1. The molecule has 0 spiro atoms. The van der Waals surface area contributed by atoms with Crippen LogP contribution < -0.4 is 5.32 Å². The lowest BCUT2D eigenvalue weighted by Crippen LogP contribution is -2.38. The normalized spacial score (nSPS) is 11.6. The predicted molar refractivity (Wildman–Crippen MR) is 75.3 cm³/mol. The van der Waals surface area contributed by atoms with Gasteiger partial charge in [-0.2, -0.15) is 0 Å². The molecule has 112 valence electrons. The summed E-state index contributed by atoms with van der Waals surface area (Å²) in [6, 6.07) is 5.97. The third kappa shape index (κ3) is 5.99. The molecule has 1 atom stereocenters. The van der Waals surface area contributed by atoms with E-state index in [0.717, 1.165) is 5.56 Å². The second-order valence-corrected chi connectivity index (χ2v) is 4.31. The highest BCUT2D eigenvalue weighted by molar-refractivity contribution is 5.85. The summed E-state index contributed by atoms with van der Waals surface area (Å²) in [6.45, 7) is 1.57. The Labute approximate surface area is 123 Å². The number of carboxylic acid groups (broad SMARTS) is 1. The Bertz CT molecular complexity index is 453. The Kier molecular flexibility index (Phi) is 7.79. The molecule has 0 aliphatic carbocycles. The molecular formula is C13H18ClFN2O3. The maximum absolute atomic E-state index is 12.8. The Hall–Kier alpha value is -1.66. The van der Waals surface area contributed by atoms with E-state index in [2.05, 4.69) is 5.32 Å². The van der Waals surface area contributed by atoms with E-state index in [4.69, 9.17) is 5.11 Å². The number of nitrogens with zero attached hydrogens (tertiary/aromatic N) is 1. The van der Waals surface area contributed by atoms with Gasteiger partial charge in [-0.25, -0.2) is 4.39 Å². The van der Waals surface area contributed by atoms with E-state index >= 15 is 0 Å². The number of carbonyl (C=O) groups is 2. The van der Waals surface area contributed by atoms with Crippen LogP contribution in [0.2, 0.25) is 0 Å². The number of carboxylic acids is 1. The number of aliphatic carboxylic acids is 1. The van der Waals surface area contributed by atoms with Crippen molar-refractivity contribution in [3.05, 3.63) is 35.6 Å². The van der Waals surface area contributed by atoms with Crippen LogP contribution in [0.15, 0.2) is 24.3 Å². The summed E-state index contributed by atoms with van der Waals surface area (Å²) in [5.41, 5.74) is 0.884. The summed E-state index contributed by atoms with van der Waals surface area (Å²) in [6.07, 6.45) is 0. The number of nitrogens with one attached hydrogen (secondary N) is 1. The minimum Gasteiger partial charge on any atom is -0.480 e. The third-order valence-electron chi connectivity index (χ3n) is 2.84. The van der Waals surface area contributed by atoms with Gasteiger partial charge in [-0.1, -0.05) is 12.1 Å². The van der Waals surface area contributed by atoms with Crippen LogP contribution in [-0.4, -0.2) is 42.0 Å². The van der Waals surface area contributed by atoms with Gasteiger partial charge >= 0.3 is 5.97 Å². The molecule has 0 aliphatic heterocycles. The fourth-order valence-electron chi connectivity index (χ4n) is 1.59. The fourth-order valence-corrected chi connectivity index (χ4v) is 1.59. The lowest BCUT2D eigenvalue weighted by atomic mass is 10.1. The van der Waals surface area contributed by atoms with E-state index in [-0.39, 0.29) is 36.7 Å². The first-order valence-corrected chi connectivity index (χ1v) is 5.84. The van der Waals surface area contributed by atoms with Crippen molar-refractivity contribution in [3.63, 3.8) is 0 Å². The van der Waals surface area contributed by atoms with E-state index in [9.17, 15) is 14.0 Å². The number of hydrogen-bond acceptors (Lipinski definition) is 3. The molecule has 5 nitrogen and oxygen atoms in total. The van der Waals surface area contributed by atoms with E-state index in [1.165, 1.54) is 12.1 Å². The summed E-state index contributed by atoms with van der Waals surface area (Å²) in [7, 11) is 1.74. The van der Waals surface area contributed by atoms with Crippen molar-refractivity contribution >= 4 is 24.3 Å². The van der Waals surface area contributed by atoms with Gasteiger partial charge in [0.15, 0.2) is 0 Å². The Morgan fingerprint density at radius 2 is 1.90 bits per heavy atom. The molecule has 7 heteroatoms. The SMILES string of the molecule is CC(c1ccc(F)cc1)N(C)CC(=O)NCC(=O)O.Cl. The van der Waals surface area contributed by atoms with Crippen molar-refractivity contribution in [1.29, 1.82) is 0 Å². The molecule has 0 aliphatic rings. The number of benzene rings is 1. The van der Waals surface area contributed by atoms with Crippen molar-refractivity contribution in [3.8, 4) is 0 Å². The highest BCUT2D eigenvalue weighted by Crippen LogP contribution is 2.18. The summed E-state index contributed by atoms with van der Waals surface area (Å²) < 4.78 is 12.8. The molecule has 0 aromatic heterocycles. The van der Waals surface area contributed by atoms with E-state index in [1.54, 1.807) is 24.1 Å². The zero-order chi connectivity index (χ0) is 14.4. The number of rotatable bonds is 6. The van der Waals surface area contributed by atoms with Crippen LogP contribution in [0.1, 0.15) is 18.5 Å². The molecule has 1 aromatic carbocycles. The van der Waals surface area contributed by atoms with Gasteiger partial charge in [-0.05, 0) is 31.7 Å². The zero-order valence-corrected chi connectivity index (χ0v) is 12.1.